The van der Waals surface area contributed by atoms with Gasteiger partial charge in [-0.05, 0) is 19.9 Å². The van der Waals surface area contributed by atoms with E-state index in [1.807, 2.05) is 5.38 Å². The first-order chi connectivity index (χ1) is 11.2. The fourth-order valence-corrected chi connectivity index (χ4v) is 4.51. The van der Waals surface area contributed by atoms with E-state index in [1.165, 1.54) is 11.3 Å². The lowest BCUT2D eigenvalue weighted by Crippen LogP contribution is -2.62. The summed E-state index contributed by atoms with van der Waals surface area (Å²) in [4.78, 5) is 22.5. The molecule has 4 rings (SSSR count). The summed E-state index contributed by atoms with van der Waals surface area (Å²) in [6.45, 7) is 5.54. The van der Waals surface area contributed by atoms with Gasteiger partial charge in [-0.2, -0.15) is 0 Å². The summed E-state index contributed by atoms with van der Waals surface area (Å²) < 4.78 is 7.16. The molecule has 0 N–H and O–H groups in total. The summed E-state index contributed by atoms with van der Waals surface area (Å²) in [5.41, 5.74) is 1.11. The van der Waals surface area contributed by atoms with E-state index < -0.39 is 0 Å². The van der Waals surface area contributed by atoms with Crippen LogP contribution < -0.4 is 5.56 Å². The lowest BCUT2D eigenvalue weighted by Gasteiger charge is -2.51. The second-order valence-electron chi connectivity index (χ2n) is 6.61. The summed E-state index contributed by atoms with van der Waals surface area (Å²) in [7, 11) is 2.23. The Kier molecular flexibility index (Phi) is 3.96. The molecule has 2 fully saturated rings. The maximum atomic E-state index is 12.1. The van der Waals surface area contributed by atoms with Crippen LogP contribution in [0.15, 0.2) is 22.4 Å². The first-order valence-electron chi connectivity index (χ1n) is 8.13. The van der Waals surface area contributed by atoms with Crippen molar-refractivity contribution in [2.45, 2.75) is 24.9 Å². The normalized spacial score (nSPS) is 22.8. The molecule has 2 saturated heterocycles. The molecule has 2 aliphatic rings. The summed E-state index contributed by atoms with van der Waals surface area (Å²) in [5.74, 6) is 0. The van der Waals surface area contributed by atoms with E-state index >= 15 is 0 Å². The van der Waals surface area contributed by atoms with Crippen LogP contribution in [0.3, 0.4) is 0 Å². The molecule has 0 amide bonds. The number of piperazine rings is 1. The summed E-state index contributed by atoms with van der Waals surface area (Å²) in [6.07, 6.45) is 3.95. The molecule has 2 aromatic rings. The van der Waals surface area contributed by atoms with E-state index in [-0.39, 0.29) is 11.1 Å². The summed E-state index contributed by atoms with van der Waals surface area (Å²) in [5, 5.41) is 1.90. The van der Waals surface area contributed by atoms with E-state index in [1.54, 1.807) is 16.7 Å². The van der Waals surface area contributed by atoms with Crippen LogP contribution in [0.25, 0.3) is 4.96 Å². The van der Waals surface area contributed by atoms with Crippen LogP contribution in [0.5, 0.6) is 0 Å². The van der Waals surface area contributed by atoms with Crippen molar-refractivity contribution in [1.29, 1.82) is 0 Å². The van der Waals surface area contributed by atoms with Crippen LogP contribution in [-0.4, -0.2) is 64.6 Å². The highest BCUT2D eigenvalue weighted by molar-refractivity contribution is 7.15. The summed E-state index contributed by atoms with van der Waals surface area (Å²) >= 11 is 1.51. The Labute approximate surface area is 139 Å². The highest BCUT2D eigenvalue weighted by atomic mass is 32.1. The average molecular weight is 334 g/mol. The number of hydrogen-bond acceptors (Lipinski definition) is 6. The Bertz CT molecular complexity index is 750. The highest BCUT2D eigenvalue weighted by Gasteiger charge is 2.40. The Morgan fingerprint density at radius 1 is 1.35 bits per heavy atom. The lowest BCUT2D eigenvalue weighted by atomic mass is 9.86. The number of thiazole rings is 1. The Morgan fingerprint density at radius 3 is 3.00 bits per heavy atom. The van der Waals surface area contributed by atoms with Crippen LogP contribution >= 0.6 is 11.3 Å². The first-order valence-corrected chi connectivity index (χ1v) is 9.01. The Balaban J connectivity index is 1.54. The molecule has 2 aliphatic heterocycles. The molecular weight excluding hydrogens is 312 g/mol. The van der Waals surface area contributed by atoms with Gasteiger partial charge in [-0.25, -0.2) is 4.98 Å². The van der Waals surface area contributed by atoms with E-state index in [4.69, 9.17) is 4.74 Å². The molecule has 0 unspecified atom stereocenters. The fraction of sp³-hybridized carbons (Fsp3) is 0.625. The number of aromatic nitrogens is 2. The first kappa shape index (κ1) is 15.3. The molecule has 124 valence electrons. The monoisotopic (exact) mass is 334 g/mol. The minimum absolute atomic E-state index is 0.0150. The van der Waals surface area contributed by atoms with Gasteiger partial charge in [0, 0.05) is 62.6 Å². The van der Waals surface area contributed by atoms with Crippen molar-refractivity contribution >= 4 is 16.3 Å². The predicted molar refractivity (Wildman–Crippen MR) is 90.0 cm³/mol. The van der Waals surface area contributed by atoms with Crippen LogP contribution in [0.2, 0.25) is 0 Å². The molecule has 4 heterocycles. The van der Waals surface area contributed by atoms with Crippen molar-refractivity contribution in [3.63, 3.8) is 0 Å². The molecule has 0 radical (unpaired) electrons. The van der Waals surface area contributed by atoms with Crippen molar-refractivity contribution in [2.75, 3.05) is 39.9 Å². The molecule has 0 aliphatic carbocycles. The van der Waals surface area contributed by atoms with Crippen molar-refractivity contribution < 1.29 is 4.74 Å². The third-order valence-corrected chi connectivity index (χ3v) is 6.00. The highest BCUT2D eigenvalue weighted by Crippen LogP contribution is 2.31. The maximum absolute atomic E-state index is 12.1. The molecule has 2 aromatic heterocycles. The Hall–Kier alpha value is -1.28. The minimum Gasteiger partial charge on any atom is -0.381 e. The van der Waals surface area contributed by atoms with Gasteiger partial charge in [0.2, 0.25) is 0 Å². The second-order valence-corrected chi connectivity index (χ2v) is 7.48. The molecule has 6 nitrogen and oxygen atoms in total. The standard InChI is InChI=1S/C16H22N4O2S/c1-18-4-5-19(12-16(18)2-7-22-8-3-16)11-13-10-14(21)20-6-9-23-15(20)17-13/h6,9-10H,2-5,7-8,11-12H2,1H3. The van der Waals surface area contributed by atoms with Gasteiger partial charge in [-0.3, -0.25) is 19.0 Å². The smallest absolute Gasteiger partial charge is 0.258 e. The fourth-order valence-electron chi connectivity index (χ4n) is 3.77. The number of hydrogen-bond donors (Lipinski definition) is 0. The number of likely N-dealkylation sites (N-methyl/N-ethyl adjacent to an activating group) is 1. The van der Waals surface area contributed by atoms with Crippen LogP contribution in [0.1, 0.15) is 18.5 Å². The van der Waals surface area contributed by atoms with E-state index in [9.17, 15) is 4.79 Å². The molecule has 0 atom stereocenters. The van der Waals surface area contributed by atoms with E-state index in [0.717, 1.165) is 62.9 Å². The van der Waals surface area contributed by atoms with Crippen molar-refractivity contribution in [2.24, 2.45) is 0 Å². The molecule has 0 aromatic carbocycles. The second kappa shape index (κ2) is 5.98. The molecular formula is C16H22N4O2S. The van der Waals surface area contributed by atoms with Gasteiger partial charge in [0.15, 0.2) is 4.96 Å². The van der Waals surface area contributed by atoms with Gasteiger partial charge in [0.1, 0.15) is 0 Å². The predicted octanol–water partition coefficient (Wildman–Crippen LogP) is 1.05. The van der Waals surface area contributed by atoms with Crippen LogP contribution in [0.4, 0.5) is 0 Å². The summed E-state index contributed by atoms with van der Waals surface area (Å²) in [6, 6.07) is 1.68. The van der Waals surface area contributed by atoms with E-state index in [0.29, 0.717) is 0 Å². The zero-order chi connectivity index (χ0) is 15.9. The third kappa shape index (κ3) is 2.82. The van der Waals surface area contributed by atoms with Crippen LogP contribution in [0, 0.1) is 0 Å². The van der Waals surface area contributed by atoms with Gasteiger partial charge in [-0.1, -0.05) is 0 Å². The van der Waals surface area contributed by atoms with Gasteiger partial charge < -0.3 is 4.74 Å². The van der Waals surface area contributed by atoms with Gasteiger partial charge >= 0.3 is 0 Å². The SMILES string of the molecule is CN1CCN(Cc2cc(=O)n3ccsc3n2)CC12CCOCC2. The van der Waals surface area contributed by atoms with Gasteiger partial charge in [0.05, 0.1) is 5.69 Å². The van der Waals surface area contributed by atoms with Gasteiger partial charge in [-0.15, -0.1) is 11.3 Å². The quantitative estimate of drug-likeness (QED) is 0.822. The van der Waals surface area contributed by atoms with Crippen LogP contribution in [-0.2, 0) is 11.3 Å². The number of rotatable bonds is 2. The third-order valence-electron chi connectivity index (χ3n) is 5.24. The zero-order valence-corrected chi connectivity index (χ0v) is 14.2. The van der Waals surface area contributed by atoms with Crippen molar-refractivity contribution in [1.82, 2.24) is 19.2 Å². The zero-order valence-electron chi connectivity index (χ0n) is 13.4. The number of fused-ring (bicyclic) bond motifs is 1. The molecule has 23 heavy (non-hydrogen) atoms. The minimum atomic E-state index is 0.0150. The topological polar surface area (TPSA) is 50.1 Å². The average Bonchev–Trinajstić information content (AvgIpc) is 3.01. The molecule has 0 bridgehead atoms. The van der Waals surface area contributed by atoms with Crippen molar-refractivity contribution in [3.05, 3.63) is 33.7 Å². The van der Waals surface area contributed by atoms with Crippen molar-refractivity contribution in [3.8, 4) is 0 Å². The number of nitrogens with zero attached hydrogens (tertiary/aromatic N) is 4. The van der Waals surface area contributed by atoms with Gasteiger partial charge in [0.25, 0.3) is 5.56 Å². The largest absolute Gasteiger partial charge is 0.381 e. The molecule has 7 heteroatoms. The molecule has 1 spiro atoms. The number of ether oxygens (including phenoxy) is 1. The lowest BCUT2D eigenvalue weighted by molar-refractivity contribution is -0.0627. The Morgan fingerprint density at radius 2 is 2.17 bits per heavy atom. The van der Waals surface area contributed by atoms with E-state index in [2.05, 4.69) is 21.8 Å². The maximum Gasteiger partial charge on any atom is 0.258 e. The molecule has 0 saturated carbocycles.